The third-order valence-electron chi connectivity index (χ3n) is 1.05. The van der Waals surface area contributed by atoms with Gasteiger partial charge in [-0.15, -0.1) is 0 Å². The second kappa shape index (κ2) is 3.13. The minimum absolute atomic E-state index is 0.484. The molecule has 53 valence electrons. The Labute approximate surface area is 69.5 Å². The lowest BCUT2D eigenvalue weighted by Crippen LogP contribution is -1.81. The van der Waals surface area contributed by atoms with E-state index in [1.54, 1.807) is 19.2 Å². The molecule has 0 N–H and O–H groups in total. The highest BCUT2D eigenvalue weighted by atomic mass is 35.5. The maximum absolute atomic E-state index is 5.66. The fourth-order valence-corrected chi connectivity index (χ4v) is 0.810. The Hall–Kier alpha value is -0.400. The highest BCUT2D eigenvalue weighted by Crippen LogP contribution is 2.25. The first kappa shape index (κ1) is 7.70. The molecular formula is C7H5Cl2O. The first-order valence-electron chi connectivity index (χ1n) is 2.65. The molecule has 0 aliphatic heterocycles. The van der Waals surface area contributed by atoms with Crippen molar-refractivity contribution in [2.75, 3.05) is 7.11 Å². The zero-order valence-electron chi connectivity index (χ0n) is 5.32. The molecule has 0 atom stereocenters. The quantitative estimate of drug-likeness (QED) is 0.639. The highest BCUT2D eigenvalue weighted by molar-refractivity contribution is 6.42. The molecule has 0 aliphatic rings. The van der Waals surface area contributed by atoms with E-state index in [4.69, 9.17) is 27.9 Å². The van der Waals surface area contributed by atoms with Crippen molar-refractivity contribution >= 4 is 23.2 Å². The third-order valence-corrected chi connectivity index (χ3v) is 1.77. The van der Waals surface area contributed by atoms with Gasteiger partial charge in [-0.2, -0.15) is 0 Å². The van der Waals surface area contributed by atoms with Crippen LogP contribution < -0.4 is 4.74 Å². The summed E-state index contributed by atoms with van der Waals surface area (Å²) in [6.45, 7) is 0. The van der Waals surface area contributed by atoms with E-state index in [1.807, 2.05) is 0 Å². The van der Waals surface area contributed by atoms with Crippen LogP contribution in [0.25, 0.3) is 0 Å². The Morgan fingerprint density at radius 2 is 2.10 bits per heavy atom. The topological polar surface area (TPSA) is 9.23 Å². The molecule has 1 rings (SSSR count). The minimum atomic E-state index is 0.484. The van der Waals surface area contributed by atoms with E-state index in [1.165, 1.54) is 0 Å². The predicted octanol–water partition coefficient (Wildman–Crippen LogP) is 2.80. The van der Waals surface area contributed by atoms with Crippen LogP contribution in [0.5, 0.6) is 5.75 Å². The first-order chi connectivity index (χ1) is 4.74. The molecule has 0 unspecified atom stereocenters. The van der Waals surface area contributed by atoms with Crippen LogP contribution >= 0.6 is 23.2 Å². The number of halogens is 2. The minimum Gasteiger partial charge on any atom is -0.496 e. The third kappa shape index (κ3) is 1.55. The van der Waals surface area contributed by atoms with Gasteiger partial charge in [0.15, 0.2) is 0 Å². The van der Waals surface area contributed by atoms with Crippen LogP contribution in [0.15, 0.2) is 12.1 Å². The Kier molecular flexibility index (Phi) is 2.41. The smallest absolute Gasteiger partial charge is 0.128 e. The van der Waals surface area contributed by atoms with Gasteiger partial charge in [-0.25, -0.2) is 0 Å². The van der Waals surface area contributed by atoms with E-state index in [9.17, 15) is 0 Å². The molecule has 0 aliphatic carbocycles. The summed E-state index contributed by atoms with van der Waals surface area (Å²) in [4.78, 5) is 0. The van der Waals surface area contributed by atoms with Crippen molar-refractivity contribution in [2.45, 2.75) is 0 Å². The van der Waals surface area contributed by atoms with Gasteiger partial charge in [-0.05, 0) is 6.07 Å². The van der Waals surface area contributed by atoms with Crippen LogP contribution in [0.1, 0.15) is 0 Å². The average molecular weight is 176 g/mol. The Bertz CT molecular complexity index is 235. The van der Waals surface area contributed by atoms with Crippen molar-refractivity contribution in [1.82, 2.24) is 0 Å². The molecule has 0 fully saturated rings. The molecule has 1 aromatic carbocycles. The van der Waals surface area contributed by atoms with Crippen LogP contribution in [0, 0.1) is 6.07 Å². The van der Waals surface area contributed by atoms with E-state index < -0.39 is 0 Å². The van der Waals surface area contributed by atoms with Crippen molar-refractivity contribution < 1.29 is 4.74 Å². The van der Waals surface area contributed by atoms with Gasteiger partial charge in [0.2, 0.25) is 0 Å². The molecule has 0 spiro atoms. The van der Waals surface area contributed by atoms with Crippen LogP contribution in [0.4, 0.5) is 0 Å². The standard InChI is InChI=1S/C7H5Cl2O/c1-10-5-2-3-6(8)7(9)4-5/h3-4H,1H3. The predicted molar refractivity (Wildman–Crippen MR) is 41.9 cm³/mol. The van der Waals surface area contributed by atoms with Crippen LogP contribution in [-0.2, 0) is 0 Å². The largest absolute Gasteiger partial charge is 0.496 e. The first-order valence-corrected chi connectivity index (χ1v) is 3.40. The fraction of sp³-hybridized carbons (Fsp3) is 0.143. The molecule has 0 saturated carbocycles. The molecule has 1 aromatic rings. The Balaban J connectivity index is 3.04. The van der Waals surface area contributed by atoms with Gasteiger partial charge in [0.1, 0.15) is 5.75 Å². The summed E-state index contributed by atoms with van der Waals surface area (Å²) in [5.74, 6) is 0.592. The molecule has 10 heavy (non-hydrogen) atoms. The lowest BCUT2D eigenvalue weighted by Gasteiger charge is -1.98. The maximum Gasteiger partial charge on any atom is 0.128 e. The van der Waals surface area contributed by atoms with Gasteiger partial charge >= 0.3 is 0 Å². The summed E-state index contributed by atoms with van der Waals surface area (Å²) in [5, 5.41) is 0.972. The van der Waals surface area contributed by atoms with Gasteiger partial charge in [-0.3, -0.25) is 0 Å². The summed E-state index contributed by atoms with van der Waals surface area (Å²) in [6.07, 6.45) is 0. The van der Waals surface area contributed by atoms with E-state index >= 15 is 0 Å². The molecule has 0 amide bonds. The molecule has 0 saturated heterocycles. The summed E-state index contributed by atoms with van der Waals surface area (Å²) < 4.78 is 4.85. The number of rotatable bonds is 1. The second-order valence-corrected chi connectivity index (χ2v) is 2.51. The van der Waals surface area contributed by atoms with Crippen molar-refractivity contribution in [1.29, 1.82) is 0 Å². The maximum atomic E-state index is 5.66. The van der Waals surface area contributed by atoms with Gasteiger partial charge in [0.05, 0.1) is 17.2 Å². The zero-order valence-corrected chi connectivity index (χ0v) is 6.83. The van der Waals surface area contributed by atoms with E-state index in [-0.39, 0.29) is 0 Å². The number of ether oxygens (including phenoxy) is 1. The Morgan fingerprint density at radius 3 is 2.60 bits per heavy atom. The second-order valence-electron chi connectivity index (χ2n) is 1.70. The highest BCUT2D eigenvalue weighted by Gasteiger charge is 1.97. The van der Waals surface area contributed by atoms with Crippen molar-refractivity contribution in [3.05, 3.63) is 28.2 Å². The van der Waals surface area contributed by atoms with Crippen molar-refractivity contribution in [3.63, 3.8) is 0 Å². The van der Waals surface area contributed by atoms with Crippen LogP contribution in [-0.4, -0.2) is 7.11 Å². The summed E-state index contributed by atoms with van der Waals surface area (Å²) >= 11 is 11.3. The fourth-order valence-electron chi connectivity index (χ4n) is 0.547. The average Bonchev–Trinajstić information content (AvgIpc) is 1.95. The van der Waals surface area contributed by atoms with Crippen LogP contribution in [0.2, 0.25) is 10.0 Å². The molecule has 1 radical (unpaired) electrons. The lowest BCUT2D eigenvalue weighted by molar-refractivity contribution is 0.414. The van der Waals surface area contributed by atoms with Gasteiger partial charge in [0, 0.05) is 12.1 Å². The summed E-state index contributed by atoms with van der Waals surface area (Å²) in [5.41, 5.74) is 0. The van der Waals surface area contributed by atoms with Crippen LogP contribution in [0.3, 0.4) is 0 Å². The SMILES string of the molecule is COc1[c]cc(Cl)c(Cl)c1. The molecule has 3 heteroatoms. The molecule has 0 aromatic heterocycles. The van der Waals surface area contributed by atoms with E-state index in [0.717, 1.165) is 0 Å². The molecular weight excluding hydrogens is 171 g/mol. The van der Waals surface area contributed by atoms with Crippen molar-refractivity contribution in [3.8, 4) is 5.75 Å². The molecule has 1 nitrogen and oxygen atoms in total. The number of benzene rings is 1. The van der Waals surface area contributed by atoms with Gasteiger partial charge < -0.3 is 4.74 Å². The number of methoxy groups -OCH3 is 1. The molecule has 0 bridgehead atoms. The van der Waals surface area contributed by atoms with E-state index in [0.29, 0.717) is 15.8 Å². The van der Waals surface area contributed by atoms with Crippen molar-refractivity contribution in [2.24, 2.45) is 0 Å². The zero-order chi connectivity index (χ0) is 7.56. The number of hydrogen-bond acceptors (Lipinski definition) is 1. The van der Waals surface area contributed by atoms with E-state index in [2.05, 4.69) is 6.07 Å². The van der Waals surface area contributed by atoms with Gasteiger partial charge in [0.25, 0.3) is 0 Å². The lowest BCUT2D eigenvalue weighted by atomic mass is 10.3. The summed E-state index contributed by atoms with van der Waals surface area (Å²) in [6, 6.07) is 5.98. The Morgan fingerprint density at radius 1 is 1.40 bits per heavy atom. The monoisotopic (exact) mass is 175 g/mol. The molecule has 0 heterocycles. The van der Waals surface area contributed by atoms with Gasteiger partial charge in [-0.1, -0.05) is 23.2 Å². The summed E-state index contributed by atoms with van der Waals surface area (Å²) in [7, 11) is 1.55. The normalized spacial score (nSPS) is 9.50. The number of hydrogen-bond donors (Lipinski definition) is 0.